The number of nitrogens with zero attached hydrogens (tertiary/aromatic N) is 2. The highest BCUT2D eigenvalue weighted by Crippen LogP contribution is 2.31. The first kappa shape index (κ1) is 20.4. The Labute approximate surface area is 171 Å². The van der Waals surface area contributed by atoms with Crippen molar-refractivity contribution in [3.05, 3.63) is 68.7 Å². The molecule has 7 nitrogen and oxygen atoms in total. The van der Waals surface area contributed by atoms with Crippen molar-refractivity contribution in [3.63, 3.8) is 0 Å². The van der Waals surface area contributed by atoms with Gasteiger partial charge in [-0.15, -0.1) is 0 Å². The first-order chi connectivity index (χ1) is 13.4. The van der Waals surface area contributed by atoms with E-state index in [9.17, 15) is 20.0 Å². The summed E-state index contributed by atoms with van der Waals surface area (Å²) in [5.74, 6) is 0.0159. The monoisotopic (exact) mass is 447 g/mol. The molecular formula is C20H22BrN3O4. The Morgan fingerprint density at radius 2 is 1.93 bits per heavy atom. The fraction of sp³-hybridized carbons (Fsp3) is 0.350. The third-order valence-electron chi connectivity index (χ3n) is 5.02. The van der Waals surface area contributed by atoms with Crippen molar-refractivity contribution in [2.45, 2.75) is 18.9 Å². The molecule has 8 heteroatoms. The second-order valence-electron chi connectivity index (χ2n) is 6.94. The summed E-state index contributed by atoms with van der Waals surface area (Å²) in [6, 6.07) is 13.9. The van der Waals surface area contributed by atoms with Crippen LogP contribution in [-0.2, 0) is 4.79 Å². The van der Waals surface area contributed by atoms with Gasteiger partial charge in [-0.05, 0) is 59.4 Å². The average Bonchev–Trinajstić information content (AvgIpc) is 2.70. The van der Waals surface area contributed by atoms with Crippen LogP contribution < -0.4 is 5.32 Å². The van der Waals surface area contributed by atoms with E-state index in [-0.39, 0.29) is 24.1 Å². The fourth-order valence-corrected chi connectivity index (χ4v) is 3.93. The van der Waals surface area contributed by atoms with Crippen molar-refractivity contribution >= 4 is 33.2 Å². The molecule has 1 heterocycles. The van der Waals surface area contributed by atoms with E-state index in [1.54, 1.807) is 0 Å². The second-order valence-corrected chi connectivity index (χ2v) is 7.79. The summed E-state index contributed by atoms with van der Waals surface area (Å²) in [6.45, 7) is 1.73. The molecule has 0 spiro atoms. The number of carbonyl (C=O) groups excluding carboxylic acids is 1. The van der Waals surface area contributed by atoms with Crippen molar-refractivity contribution < 1.29 is 14.8 Å². The minimum absolute atomic E-state index is 0.0380. The zero-order valence-electron chi connectivity index (χ0n) is 15.3. The minimum atomic E-state index is -0.482. The SMILES string of the molecule is O=C(CN1CCC(C(O)c2ccccc2)CC1)Nc1ccc([N+](=O)[O-])cc1Br. The summed E-state index contributed by atoms with van der Waals surface area (Å²) >= 11 is 3.25. The van der Waals surface area contributed by atoms with Crippen molar-refractivity contribution in [2.75, 3.05) is 25.0 Å². The van der Waals surface area contributed by atoms with Crippen LogP contribution in [0, 0.1) is 16.0 Å². The Morgan fingerprint density at radius 3 is 2.54 bits per heavy atom. The Bertz CT molecular complexity index is 839. The molecule has 28 heavy (non-hydrogen) atoms. The highest BCUT2D eigenvalue weighted by Gasteiger charge is 2.27. The Morgan fingerprint density at radius 1 is 1.25 bits per heavy atom. The lowest BCUT2D eigenvalue weighted by molar-refractivity contribution is -0.384. The Hall–Kier alpha value is -2.29. The van der Waals surface area contributed by atoms with Crippen molar-refractivity contribution in [1.82, 2.24) is 4.90 Å². The number of hydrogen-bond donors (Lipinski definition) is 2. The number of amides is 1. The first-order valence-electron chi connectivity index (χ1n) is 9.13. The van der Waals surface area contributed by atoms with Gasteiger partial charge in [0, 0.05) is 16.6 Å². The minimum Gasteiger partial charge on any atom is -0.388 e. The van der Waals surface area contributed by atoms with Crippen LogP contribution in [-0.4, -0.2) is 40.5 Å². The lowest BCUT2D eigenvalue weighted by atomic mass is 9.87. The number of rotatable bonds is 6. The molecule has 148 valence electrons. The van der Waals surface area contributed by atoms with Crippen LogP contribution in [0.25, 0.3) is 0 Å². The number of nitrogens with one attached hydrogen (secondary N) is 1. The van der Waals surface area contributed by atoms with Crippen LogP contribution in [0.2, 0.25) is 0 Å². The third-order valence-corrected chi connectivity index (χ3v) is 5.68. The molecular weight excluding hydrogens is 426 g/mol. The van der Waals surface area contributed by atoms with E-state index in [2.05, 4.69) is 26.1 Å². The van der Waals surface area contributed by atoms with E-state index in [0.29, 0.717) is 10.2 Å². The molecule has 1 unspecified atom stereocenters. The van der Waals surface area contributed by atoms with Crippen LogP contribution in [0.15, 0.2) is 53.0 Å². The number of hydrogen-bond acceptors (Lipinski definition) is 5. The molecule has 2 aromatic rings. The van der Waals surface area contributed by atoms with Crippen LogP contribution in [0.3, 0.4) is 0 Å². The van der Waals surface area contributed by atoms with E-state index in [0.717, 1.165) is 31.5 Å². The zero-order valence-corrected chi connectivity index (χ0v) is 16.8. The number of carbonyl (C=O) groups is 1. The molecule has 3 rings (SSSR count). The molecule has 0 bridgehead atoms. The summed E-state index contributed by atoms with van der Waals surface area (Å²) in [7, 11) is 0. The maximum Gasteiger partial charge on any atom is 0.270 e. The molecule has 2 aromatic carbocycles. The topological polar surface area (TPSA) is 95.7 Å². The molecule has 1 amide bonds. The molecule has 0 aromatic heterocycles. The van der Waals surface area contributed by atoms with Gasteiger partial charge in [0.15, 0.2) is 0 Å². The number of likely N-dealkylation sites (tertiary alicyclic amines) is 1. The van der Waals surface area contributed by atoms with Gasteiger partial charge in [-0.1, -0.05) is 30.3 Å². The number of nitro benzene ring substituents is 1. The normalized spacial score (nSPS) is 16.5. The average molecular weight is 448 g/mol. The largest absolute Gasteiger partial charge is 0.388 e. The number of non-ortho nitro benzene ring substituents is 1. The summed E-state index contributed by atoms with van der Waals surface area (Å²) in [6.07, 6.45) is 1.17. The maximum absolute atomic E-state index is 12.3. The first-order valence-corrected chi connectivity index (χ1v) is 9.92. The predicted molar refractivity (Wildman–Crippen MR) is 110 cm³/mol. The fourth-order valence-electron chi connectivity index (χ4n) is 3.46. The number of benzene rings is 2. The van der Waals surface area contributed by atoms with Crippen LogP contribution >= 0.6 is 15.9 Å². The van der Waals surface area contributed by atoms with Gasteiger partial charge in [0.2, 0.25) is 5.91 Å². The summed E-state index contributed by atoms with van der Waals surface area (Å²) in [4.78, 5) is 24.7. The molecule has 1 aliphatic rings. The number of halogens is 1. The van der Waals surface area contributed by atoms with E-state index in [4.69, 9.17) is 0 Å². The van der Waals surface area contributed by atoms with Gasteiger partial charge in [0.1, 0.15) is 0 Å². The van der Waals surface area contributed by atoms with E-state index in [1.807, 2.05) is 30.3 Å². The predicted octanol–water partition coefficient (Wildman–Crippen LogP) is 3.74. The molecule has 0 radical (unpaired) electrons. The summed E-state index contributed by atoms with van der Waals surface area (Å²) in [5.41, 5.74) is 1.40. The Kier molecular flexibility index (Phi) is 6.77. The molecule has 0 saturated carbocycles. The summed E-state index contributed by atoms with van der Waals surface area (Å²) in [5, 5.41) is 24.1. The molecule has 1 fully saturated rings. The third kappa shape index (κ3) is 5.15. The van der Waals surface area contributed by atoms with Gasteiger partial charge < -0.3 is 10.4 Å². The summed E-state index contributed by atoms with van der Waals surface area (Å²) < 4.78 is 0.472. The van der Waals surface area contributed by atoms with Gasteiger partial charge in [-0.25, -0.2) is 0 Å². The van der Waals surface area contributed by atoms with Crippen molar-refractivity contribution in [1.29, 1.82) is 0 Å². The number of aliphatic hydroxyl groups is 1. The smallest absolute Gasteiger partial charge is 0.270 e. The molecule has 1 saturated heterocycles. The van der Waals surface area contributed by atoms with E-state index < -0.39 is 11.0 Å². The Balaban J connectivity index is 1.49. The quantitative estimate of drug-likeness (QED) is 0.519. The van der Waals surface area contributed by atoms with Crippen LogP contribution in [0.5, 0.6) is 0 Å². The van der Waals surface area contributed by atoms with Gasteiger partial charge >= 0.3 is 0 Å². The highest BCUT2D eigenvalue weighted by atomic mass is 79.9. The number of anilines is 1. The molecule has 1 atom stereocenters. The zero-order chi connectivity index (χ0) is 20.1. The maximum atomic E-state index is 12.3. The van der Waals surface area contributed by atoms with Gasteiger partial charge in [-0.3, -0.25) is 19.8 Å². The van der Waals surface area contributed by atoms with Crippen molar-refractivity contribution in [3.8, 4) is 0 Å². The van der Waals surface area contributed by atoms with Gasteiger partial charge in [0.05, 0.1) is 23.3 Å². The van der Waals surface area contributed by atoms with Gasteiger partial charge in [0.25, 0.3) is 5.69 Å². The highest BCUT2D eigenvalue weighted by molar-refractivity contribution is 9.10. The standard InChI is InChI=1S/C20H22BrN3O4/c21-17-12-16(24(27)28)6-7-18(17)22-19(25)13-23-10-8-15(9-11-23)20(26)14-4-2-1-3-5-14/h1-7,12,15,20,26H,8-11,13H2,(H,22,25). The lowest BCUT2D eigenvalue weighted by Gasteiger charge is -2.34. The van der Waals surface area contributed by atoms with Gasteiger partial charge in [-0.2, -0.15) is 0 Å². The van der Waals surface area contributed by atoms with E-state index >= 15 is 0 Å². The number of aliphatic hydroxyl groups excluding tert-OH is 1. The van der Waals surface area contributed by atoms with Crippen molar-refractivity contribution in [2.24, 2.45) is 5.92 Å². The number of nitro groups is 1. The number of piperidine rings is 1. The second kappa shape index (κ2) is 9.27. The molecule has 2 N–H and O–H groups in total. The molecule has 1 aliphatic heterocycles. The van der Waals surface area contributed by atoms with E-state index in [1.165, 1.54) is 18.2 Å². The van der Waals surface area contributed by atoms with Crippen LogP contribution in [0.4, 0.5) is 11.4 Å². The molecule has 0 aliphatic carbocycles. The lowest BCUT2D eigenvalue weighted by Crippen LogP contribution is -2.40. The van der Waals surface area contributed by atoms with Crippen LogP contribution in [0.1, 0.15) is 24.5 Å².